The number of rotatable bonds is 3. The first-order chi connectivity index (χ1) is 6.61. The highest BCUT2D eigenvalue weighted by Gasteiger charge is 2.16. The van der Waals surface area contributed by atoms with Gasteiger partial charge in [-0.05, 0) is 12.1 Å². The van der Waals surface area contributed by atoms with Gasteiger partial charge in [0, 0.05) is 5.56 Å². The zero-order valence-electron chi connectivity index (χ0n) is 7.31. The summed E-state index contributed by atoms with van der Waals surface area (Å²) in [5.41, 5.74) is 0.252. The molecule has 5 heteroatoms. The number of ether oxygens (including phenoxy) is 1. The van der Waals surface area contributed by atoms with Gasteiger partial charge in [0.05, 0.1) is 17.5 Å². The topological polar surface area (TPSA) is 26.3 Å². The molecule has 0 aromatic heterocycles. The quantitative estimate of drug-likeness (QED) is 0.629. The van der Waals surface area contributed by atoms with Gasteiger partial charge < -0.3 is 4.74 Å². The van der Waals surface area contributed by atoms with Gasteiger partial charge in [-0.25, -0.2) is 4.39 Å². The zero-order chi connectivity index (χ0) is 10.7. The first-order valence-electron chi connectivity index (χ1n) is 3.73. The number of hydrogen-bond acceptors (Lipinski definition) is 2. The maximum Gasteiger partial charge on any atom is 0.175 e. The lowest BCUT2D eigenvalue weighted by atomic mass is 10.1. The summed E-state index contributed by atoms with van der Waals surface area (Å²) in [6.07, 6.45) is 0. The molecule has 0 amide bonds. The van der Waals surface area contributed by atoms with Crippen LogP contribution >= 0.6 is 27.5 Å². The predicted octanol–water partition coefficient (Wildman–Crippen LogP) is 3.07. The Bertz CT molecular complexity index is 368. The van der Waals surface area contributed by atoms with Gasteiger partial charge in [0.15, 0.2) is 17.3 Å². The van der Waals surface area contributed by atoms with Crippen molar-refractivity contribution in [3.05, 3.63) is 28.5 Å². The molecule has 0 unspecified atom stereocenters. The number of carbonyl (C=O) groups is 1. The van der Waals surface area contributed by atoms with E-state index in [1.54, 1.807) is 0 Å². The summed E-state index contributed by atoms with van der Waals surface area (Å²) in [6, 6.07) is 2.49. The molecule has 0 N–H and O–H groups in total. The molecule has 0 radical (unpaired) electrons. The first kappa shape index (κ1) is 11.5. The van der Waals surface area contributed by atoms with Gasteiger partial charge in [-0.15, -0.1) is 0 Å². The summed E-state index contributed by atoms with van der Waals surface area (Å²) >= 11 is 8.79. The van der Waals surface area contributed by atoms with E-state index in [9.17, 15) is 9.18 Å². The summed E-state index contributed by atoms with van der Waals surface area (Å²) in [4.78, 5) is 11.3. The van der Waals surface area contributed by atoms with E-state index in [0.717, 1.165) is 6.07 Å². The fraction of sp³-hybridized carbons (Fsp3) is 0.222. The van der Waals surface area contributed by atoms with E-state index in [-0.39, 0.29) is 27.4 Å². The van der Waals surface area contributed by atoms with Gasteiger partial charge in [0.25, 0.3) is 0 Å². The summed E-state index contributed by atoms with van der Waals surface area (Å²) in [5, 5.41) is 0.151. The molecule has 0 aliphatic rings. The zero-order valence-corrected chi connectivity index (χ0v) is 9.65. The van der Waals surface area contributed by atoms with Crippen LogP contribution in [0, 0.1) is 5.82 Å². The van der Waals surface area contributed by atoms with Gasteiger partial charge in [-0.3, -0.25) is 4.79 Å². The number of Topliss-reactive ketones (excluding diaryl/α,β-unsaturated/α-hetero) is 1. The maximum absolute atomic E-state index is 13.1. The van der Waals surface area contributed by atoms with E-state index in [4.69, 9.17) is 16.3 Å². The Kier molecular flexibility index (Phi) is 3.89. The Labute approximate surface area is 94.1 Å². The summed E-state index contributed by atoms with van der Waals surface area (Å²) in [5.74, 6) is -0.893. The van der Waals surface area contributed by atoms with E-state index in [0.29, 0.717) is 0 Å². The molecule has 0 aliphatic carbocycles. The maximum atomic E-state index is 13.1. The van der Waals surface area contributed by atoms with Crippen molar-refractivity contribution < 1.29 is 13.9 Å². The van der Waals surface area contributed by atoms with E-state index in [2.05, 4.69) is 15.9 Å². The summed E-state index contributed by atoms with van der Waals surface area (Å²) in [7, 11) is 1.30. The van der Waals surface area contributed by atoms with Crippen molar-refractivity contribution in [3.63, 3.8) is 0 Å². The minimum atomic E-state index is -0.580. The van der Waals surface area contributed by atoms with E-state index in [1.807, 2.05) is 0 Å². The highest BCUT2D eigenvalue weighted by atomic mass is 79.9. The molecule has 0 atom stereocenters. The minimum absolute atomic E-state index is 0.0111. The molecular formula is C9H7BrClFO2. The van der Waals surface area contributed by atoms with Gasteiger partial charge in [-0.2, -0.15) is 0 Å². The third-order valence-corrected chi connectivity index (χ3v) is 2.56. The van der Waals surface area contributed by atoms with Crippen LogP contribution in [-0.4, -0.2) is 18.2 Å². The van der Waals surface area contributed by atoms with Crippen LogP contribution in [0.3, 0.4) is 0 Å². The molecule has 0 fully saturated rings. The monoisotopic (exact) mass is 280 g/mol. The fourth-order valence-corrected chi connectivity index (χ4v) is 1.64. The number of halogens is 3. The Morgan fingerprint density at radius 3 is 2.79 bits per heavy atom. The Hall–Kier alpha value is -0.610. The van der Waals surface area contributed by atoms with Gasteiger partial charge >= 0.3 is 0 Å². The molecule has 0 saturated carbocycles. The standard InChI is InChI=1S/C9H7BrClFO2/c1-14-9-6(12)3-2-5(8(9)11)7(13)4-10/h2-3H,4H2,1H3. The normalized spacial score (nSPS) is 10.0. The van der Waals surface area contributed by atoms with Crippen molar-refractivity contribution in [2.75, 3.05) is 12.4 Å². The first-order valence-corrected chi connectivity index (χ1v) is 5.23. The largest absolute Gasteiger partial charge is 0.492 e. The second-order valence-electron chi connectivity index (χ2n) is 2.50. The van der Waals surface area contributed by atoms with Crippen LogP contribution in [0.2, 0.25) is 5.02 Å². The number of alkyl halides is 1. The molecule has 0 spiro atoms. The third kappa shape index (κ3) is 2.07. The van der Waals surface area contributed by atoms with Gasteiger partial charge in [0.2, 0.25) is 0 Å². The van der Waals surface area contributed by atoms with Crippen molar-refractivity contribution in [2.45, 2.75) is 0 Å². The molecule has 0 heterocycles. The second kappa shape index (κ2) is 4.75. The Morgan fingerprint density at radius 2 is 2.29 bits per heavy atom. The molecule has 76 valence electrons. The van der Waals surface area contributed by atoms with Crippen molar-refractivity contribution in [1.29, 1.82) is 0 Å². The molecule has 0 aliphatic heterocycles. The van der Waals surface area contributed by atoms with Gasteiger partial charge in [0.1, 0.15) is 0 Å². The lowest BCUT2D eigenvalue weighted by Gasteiger charge is -2.07. The molecule has 1 aromatic rings. The number of benzene rings is 1. The average molecular weight is 282 g/mol. The van der Waals surface area contributed by atoms with Crippen LogP contribution in [-0.2, 0) is 0 Å². The Morgan fingerprint density at radius 1 is 1.64 bits per heavy atom. The molecule has 1 rings (SSSR count). The van der Waals surface area contributed by atoms with Crippen LogP contribution < -0.4 is 4.74 Å². The highest BCUT2D eigenvalue weighted by Crippen LogP contribution is 2.31. The van der Waals surface area contributed by atoms with Crippen LogP contribution in [0.4, 0.5) is 4.39 Å². The average Bonchev–Trinajstić information content (AvgIpc) is 2.18. The third-order valence-electron chi connectivity index (χ3n) is 1.67. The molecule has 1 aromatic carbocycles. The molecule has 2 nitrogen and oxygen atoms in total. The fourth-order valence-electron chi connectivity index (χ4n) is 1.01. The van der Waals surface area contributed by atoms with Gasteiger partial charge in [-0.1, -0.05) is 27.5 Å². The SMILES string of the molecule is COc1c(F)ccc(C(=O)CBr)c1Cl. The number of ketones is 1. The van der Waals surface area contributed by atoms with Crippen LogP contribution in [0.1, 0.15) is 10.4 Å². The van der Waals surface area contributed by atoms with E-state index in [1.165, 1.54) is 13.2 Å². The number of carbonyl (C=O) groups excluding carboxylic acids is 1. The summed E-state index contributed by atoms with van der Waals surface area (Å²) < 4.78 is 17.8. The minimum Gasteiger partial charge on any atom is -0.492 e. The van der Waals surface area contributed by atoms with Crippen molar-refractivity contribution in [1.82, 2.24) is 0 Å². The van der Waals surface area contributed by atoms with E-state index < -0.39 is 5.82 Å². The smallest absolute Gasteiger partial charge is 0.175 e. The van der Waals surface area contributed by atoms with Crippen LogP contribution in [0.15, 0.2) is 12.1 Å². The van der Waals surface area contributed by atoms with Crippen molar-refractivity contribution >= 4 is 33.3 Å². The van der Waals surface area contributed by atoms with E-state index >= 15 is 0 Å². The number of hydrogen-bond donors (Lipinski definition) is 0. The lowest BCUT2D eigenvalue weighted by Crippen LogP contribution is -2.03. The Balaban J connectivity index is 3.28. The van der Waals surface area contributed by atoms with Crippen LogP contribution in [0.25, 0.3) is 0 Å². The highest BCUT2D eigenvalue weighted by molar-refractivity contribution is 9.09. The van der Waals surface area contributed by atoms with Crippen LogP contribution in [0.5, 0.6) is 5.75 Å². The molecular weight excluding hydrogens is 274 g/mol. The molecule has 0 saturated heterocycles. The second-order valence-corrected chi connectivity index (χ2v) is 3.44. The molecule has 14 heavy (non-hydrogen) atoms. The predicted molar refractivity (Wildman–Crippen MR) is 56.1 cm³/mol. The lowest BCUT2D eigenvalue weighted by molar-refractivity contribution is 0.102. The van der Waals surface area contributed by atoms with Crippen molar-refractivity contribution in [2.24, 2.45) is 0 Å². The van der Waals surface area contributed by atoms with Crippen molar-refractivity contribution in [3.8, 4) is 5.75 Å². The number of methoxy groups -OCH3 is 1. The molecule has 0 bridgehead atoms. The summed E-state index contributed by atoms with van der Waals surface area (Å²) in [6.45, 7) is 0.